The number of aromatic nitrogens is 1. The van der Waals surface area contributed by atoms with Crippen LogP contribution in [0.15, 0.2) is 12.1 Å². The zero-order valence-corrected chi connectivity index (χ0v) is 14.5. The molecule has 0 saturated carbocycles. The van der Waals surface area contributed by atoms with Crippen LogP contribution in [0.25, 0.3) is 10.9 Å². The van der Waals surface area contributed by atoms with Gasteiger partial charge in [-0.25, -0.2) is 0 Å². The molecule has 1 aliphatic heterocycles. The molecule has 23 heavy (non-hydrogen) atoms. The number of hydrogen-bond donors (Lipinski definition) is 2. The van der Waals surface area contributed by atoms with Gasteiger partial charge in [0.25, 0.3) is 5.91 Å². The van der Waals surface area contributed by atoms with Gasteiger partial charge >= 0.3 is 7.12 Å². The number of rotatable bonds is 2. The van der Waals surface area contributed by atoms with Crippen molar-refractivity contribution in [2.75, 3.05) is 0 Å². The Morgan fingerprint density at radius 1 is 1.13 bits per heavy atom. The molecule has 1 amide bonds. The van der Waals surface area contributed by atoms with Crippen molar-refractivity contribution in [3.05, 3.63) is 29.0 Å². The Kier molecular flexibility index (Phi) is 3.39. The van der Waals surface area contributed by atoms with Gasteiger partial charge in [0.05, 0.1) is 22.3 Å². The molecular weight excluding hydrogens is 291 g/mol. The first-order valence-electron chi connectivity index (χ1n) is 7.82. The van der Waals surface area contributed by atoms with E-state index in [0.717, 1.165) is 27.6 Å². The molecule has 5 nitrogen and oxygen atoms in total. The summed E-state index contributed by atoms with van der Waals surface area (Å²) in [7, 11) is -0.474. The number of nitrogens with two attached hydrogens (primary N) is 1. The highest BCUT2D eigenvalue weighted by atomic mass is 16.7. The maximum atomic E-state index is 11.7. The van der Waals surface area contributed by atoms with Gasteiger partial charge in [-0.2, -0.15) is 0 Å². The van der Waals surface area contributed by atoms with E-state index >= 15 is 0 Å². The van der Waals surface area contributed by atoms with Crippen LogP contribution < -0.4 is 11.2 Å². The Bertz CT molecular complexity index is 792. The van der Waals surface area contributed by atoms with Crippen LogP contribution in [0.3, 0.4) is 0 Å². The third-order valence-corrected chi connectivity index (χ3v) is 5.26. The molecule has 1 fully saturated rings. The lowest BCUT2D eigenvalue weighted by atomic mass is 9.75. The molecule has 2 aromatic rings. The van der Waals surface area contributed by atoms with Crippen LogP contribution >= 0.6 is 0 Å². The van der Waals surface area contributed by atoms with Gasteiger partial charge in [-0.05, 0) is 58.6 Å². The summed E-state index contributed by atoms with van der Waals surface area (Å²) in [4.78, 5) is 15.0. The van der Waals surface area contributed by atoms with E-state index in [-0.39, 0.29) is 0 Å². The average Bonchev–Trinajstić information content (AvgIpc) is 2.83. The maximum Gasteiger partial charge on any atom is 0.495 e. The monoisotopic (exact) mass is 314 g/mol. The van der Waals surface area contributed by atoms with Crippen molar-refractivity contribution < 1.29 is 14.1 Å². The summed E-state index contributed by atoms with van der Waals surface area (Å²) >= 11 is 0. The summed E-state index contributed by atoms with van der Waals surface area (Å²) in [6.07, 6.45) is 0. The third-order valence-electron chi connectivity index (χ3n) is 5.26. The number of amides is 1. The number of aromatic amines is 1. The zero-order valence-electron chi connectivity index (χ0n) is 14.5. The fourth-order valence-electron chi connectivity index (χ4n) is 2.99. The summed E-state index contributed by atoms with van der Waals surface area (Å²) in [6, 6.07) is 3.62. The zero-order chi connectivity index (χ0) is 17.2. The predicted octanol–water partition coefficient (Wildman–Crippen LogP) is 2.18. The smallest absolute Gasteiger partial charge is 0.399 e. The van der Waals surface area contributed by atoms with Crippen LogP contribution in [0.1, 0.15) is 49.3 Å². The summed E-state index contributed by atoms with van der Waals surface area (Å²) in [5, 5.41) is 0.956. The van der Waals surface area contributed by atoms with Gasteiger partial charge in [0.1, 0.15) is 0 Å². The lowest BCUT2D eigenvalue weighted by molar-refractivity contribution is 0.00578. The minimum Gasteiger partial charge on any atom is -0.399 e. The number of fused-ring (bicyclic) bond motifs is 1. The van der Waals surface area contributed by atoms with Gasteiger partial charge in [-0.1, -0.05) is 6.07 Å². The second kappa shape index (κ2) is 4.85. The van der Waals surface area contributed by atoms with E-state index in [2.05, 4.69) is 4.98 Å². The molecule has 1 aromatic carbocycles. The molecule has 0 radical (unpaired) electrons. The van der Waals surface area contributed by atoms with Gasteiger partial charge in [-0.15, -0.1) is 0 Å². The number of benzene rings is 1. The Morgan fingerprint density at radius 2 is 1.70 bits per heavy atom. The van der Waals surface area contributed by atoms with Crippen molar-refractivity contribution >= 4 is 29.4 Å². The van der Waals surface area contributed by atoms with Crippen LogP contribution in [0, 0.1) is 13.8 Å². The van der Waals surface area contributed by atoms with E-state index in [0.29, 0.717) is 5.56 Å². The average molecular weight is 314 g/mol. The van der Waals surface area contributed by atoms with Crippen LogP contribution in [0.2, 0.25) is 0 Å². The summed E-state index contributed by atoms with van der Waals surface area (Å²) < 4.78 is 12.3. The molecule has 1 aliphatic rings. The molecular formula is C17H23BN2O3. The second-order valence-corrected chi connectivity index (χ2v) is 7.28. The van der Waals surface area contributed by atoms with E-state index in [1.54, 1.807) is 6.07 Å². The largest absolute Gasteiger partial charge is 0.495 e. The minimum absolute atomic E-state index is 0.411. The third kappa shape index (κ3) is 2.28. The molecule has 3 N–H and O–H groups in total. The molecule has 3 rings (SSSR count). The highest BCUT2D eigenvalue weighted by molar-refractivity contribution is 6.65. The van der Waals surface area contributed by atoms with E-state index in [1.807, 2.05) is 47.6 Å². The molecule has 122 valence electrons. The van der Waals surface area contributed by atoms with Crippen LogP contribution in [0.4, 0.5) is 0 Å². The molecule has 2 heterocycles. The molecule has 6 heteroatoms. The fraction of sp³-hybridized carbons (Fsp3) is 0.471. The number of carbonyl (C=O) groups is 1. The van der Waals surface area contributed by atoms with Crippen LogP contribution in [-0.4, -0.2) is 29.2 Å². The number of aryl methyl sites for hydroxylation is 2. The Balaban J connectivity index is 2.21. The molecule has 1 aromatic heterocycles. The van der Waals surface area contributed by atoms with Gasteiger partial charge in [0.15, 0.2) is 0 Å². The van der Waals surface area contributed by atoms with Crippen molar-refractivity contribution in [2.24, 2.45) is 5.73 Å². The summed E-state index contributed by atoms with van der Waals surface area (Å²) in [5.74, 6) is -0.447. The lowest BCUT2D eigenvalue weighted by Crippen LogP contribution is -2.41. The van der Waals surface area contributed by atoms with Gasteiger partial charge in [0.2, 0.25) is 0 Å². The maximum absolute atomic E-state index is 11.7. The summed E-state index contributed by atoms with van der Waals surface area (Å²) in [5.41, 5.74) is 8.92. The molecule has 0 spiro atoms. The highest BCUT2D eigenvalue weighted by Gasteiger charge is 2.52. The lowest BCUT2D eigenvalue weighted by Gasteiger charge is -2.32. The van der Waals surface area contributed by atoms with Crippen molar-refractivity contribution in [1.82, 2.24) is 4.98 Å². The number of nitrogens with one attached hydrogen (secondary N) is 1. The minimum atomic E-state index is -0.474. The standard InChI is InChI=1S/C17H23BN2O3/c1-9-10(2)20-14-11(15(19)21)7-8-12(13(9)14)18-22-16(3,4)17(5,6)23-18/h7-8,20H,1-6H3,(H2,19,21). The molecule has 1 saturated heterocycles. The molecule has 0 atom stereocenters. The fourth-order valence-corrected chi connectivity index (χ4v) is 2.99. The highest BCUT2D eigenvalue weighted by Crippen LogP contribution is 2.37. The number of primary amides is 1. The van der Waals surface area contributed by atoms with Gasteiger partial charge in [-0.3, -0.25) is 4.79 Å². The molecule has 0 bridgehead atoms. The van der Waals surface area contributed by atoms with Crippen LogP contribution in [0.5, 0.6) is 0 Å². The van der Waals surface area contributed by atoms with E-state index in [1.165, 1.54) is 0 Å². The number of carbonyl (C=O) groups excluding carboxylic acids is 1. The molecule has 0 unspecified atom stereocenters. The van der Waals surface area contributed by atoms with Crippen molar-refractivity contribution in [3.8, 4) is 0 Å². The topological polar surface area (TPSA) is 77.3 Å². The first kappa shape index (κ1) is 16.1. The predicted molar refractivity (Wildman–Crippen MR) is 92.0 cm³/mol. The van der Waals surface area contributed by atoms with E-state index < -0.39 is 24.2 Å². The van der Waals surface area contributed by atoms with E-state index in [9.17, 15) is 4.79 Å². The van der Waals surface area contributed by atoms with Crippen molar-refractivity contribution in [1.29, 1.82) is 0 Å². The second-order valence-electron chi connectivity index (χ2n) is 7.28. The first-order valence-corrected chi connectivity index (χ1v) is 7.82. The number of hydrogen-bond acceptors (Lipinski definition) is 3. The quantitative estimate of drug-likeness (QED) is 0.834. The van der Waals surface area contributed by atoms with Crippen LogP contribution in [-0.2, 0) is 9.31 Å². The molecule has 0 aliphatic carbocycles. The van der Waals surface area contributed by atoms with Crippen molar-refractivity contribution in [2.45, 2.75) is 52.7 Å². The Morgan fingerprint density at radius 3 is 2.22 bits per heavy atom. The van der Waals surface area contributed by atoms with Crippen molar-refractivity contribution in [3.63, 3.8) is 0 Å². The normalized spacial score (nSPS) is 19.5. The van der Waals surface area contributed by atoms with Gasteiger partial charge in [0, 0.05) is 11.1 Å². The Hall–Kier alpha value is -1.79. The summed E-state index contributed by atoms with van der Waals surface area (Å²) in [6.45, 7) is 12.1. The van der Waals surface area contributed by atoms with Gasteiger partial charge < -0.3 is 20.0 Å². The first-order chi connectivity index (χ1) is 10.5. The number of H-pyrrole nitrogens is 1. The Labute approximate surface area is 136 Å². The van der Waals surface area contributed by atoms with E-state index in [4.69, 9.17) is 15.0 Å². The SMILES string of the molecule is Cc1[nH]c2c(C(N)=O)ccc(B3OC(C)(C)C(C)(C)O3)c2c1C.